The fourth-order valence-electron chi connectivity index (χ4n) is 3.07. The highest BCUT2D eigenvalue weighted by Crippen LogP contribution is 2.37. The quantitative estimate of drug-likeness (QED) is 0.238. The summed E-state index contributed by atoms with van der Waals surface area (Å²) in [6.45, 7) is 1.04. The van der Waals surface area contributed by atoms with Gasteiger partial charge in [0.05, 0.1) is 11.0 Å². The van der Waals surface area contributed by atoms with Crippen molar-refractivity contribution < 1.29 is 24.7 Å². The highest BCUT2D eigenvalue weighted by atomic mass is 35.5. The van der Waals surface area contributed by atoms with Crippen LogP contribution in [0.25, 0.3) is 10.8 Å². The predicted molar refractivity (Wildman–Crippen MR) is 130 cm³/mol. The van der Waals surface area contributed by atoms with Crippen LogP contribution in [0.3, 0.4) is 0 Å². The number of carbonyl (C=O) groups is 1. The molecule has 0 aliphatic heterocycles. The molecule has 0 aliphatic carbocycles. The van der Waals surface area contributed by atoms with Crippen molar-refractivity contribution in [2.24, 2.45) is 4.99 Å². The van der Waals surface area contributed by atoms with Crippen molar-refractivity contribution in [3.63, 3.8) is 0 Å². The van der Waals surface area contributed by atoms with E-state index in [4.69, 9.17) is 16.3 Å². The molecule has 3 N–H and O–H groups in total. The molecule has 0 spiro atoms. The molecule has 1 amide bonds. The van der Waals surface area contributed by atoms with Gasteiger partial charge in [-0.2, -0.15) is 0 Å². The van der Waals surface area contributed by atoms with E-state index in [1.54, 1.807) is 24.3 Å². The van der Waals surface area contributed by atoms with Gasteiger partial charge < -0.3 is 25.2 Å². The number of carbonyl (C=O) groups excluding carboxylic acids is 1. The number of fused-ring (bicyclic) bond motifs is 1. The Morgan fingerprint density at radius 3 is 2.65 bits per heavy atom. The van der Waals surface area contributed by atoms with Gasteiger partial charge in [-0.25, -0.2) is 0 Å². The smallest absolute Gasteiger partial charge is 0.291 e. The van der Waals surface area contributed by atoms with Gasteiger partial charge in [-0.1, -0.05) is 23.7 Å². The van der Waals surface area contributed by atoms with Gasteiger partial charge >= 0.3 is 0 Å². The third kappa shape index (κ3) is 6.12. The minimum absolute atomic E-state index is 0.00574. The largest absolute Gasteiger partial charge is 0.507 e. The number of aromatic hydroxyl groups is 2. The molecular weight excluding hydrogens is 464 g/mol. The van der Waals surface area contributed by atoms with Crippen LogP contribution in [0.15, 0.2) is 47.5 Å². The Morgan fingerprint density at radius 2 is 1.94 bits per heavy atom. The van der Waals surface area contributed by atoms with Gasteiger partial charge in [-0.3, -0.25) is 19.9 Å². The maximum Gasteiger partial charge on any atom is 0.291 e. The Hall–Kier alpha value is -3.89. The molecule has 3 aromatic rings. The lowest BCUT2D eigenvalue weighted by molar-refractivity contribution is -0.384. The van der Waals surface area contributed by atoms with Crippen molar-refractivity contribution in [2.75, 3.05) is 33.8 Å². The second kappa shape index (κ2) is 10.8. The fraction of sp³-hybridized carbons (Fsp3) is 0.217. The number of nitrogens with one attached hydrogen (secondary N) is 1. The Morgan fingerprint density at radius 1 is 1.21 bits per heavy atom. The van der Waals surface area contributed by atoms with E-state index in [1.807, 2.05) is 19.0 Å². The number of halogens is 1. The molecule has 0 aliphatic rings. The summed E-state index contributed by atoms with van der Waals surface area (Å²) in [5, 5.41) is 35.4. The number of aliphatic imine (C=N–C) groups is 1. The van der Waals surface area contributed by atoms with E-state index < -0.39 is 16.4 Å². The number of phenolic OH excluding ortho intramolecular Hbond substituents is 2. The minimum Gasteiger partial charge on any atom is -0.507 e. The number of nitro groups is 1. The van der Waals surface area contributed by atoms with E-state index in [9.17, 15) is 25.1 Å². The van der Waals surface area contributed by atoms with Crippen LogP contribution in [0.2, 0.25) is 5.02 Å². The van der Waals surface area contributed by atoms with Gasteiger partial charge in [0.1, 0.15) is 28.0 Å². The lowest BCUT2D eigenvalue weighted by atomic mass is 10.0. The van der Waals surface area contributed by atoms with Gasteiger partial charge in [-0.05, 0) is 49.1 Å². The summed E-state index contributed by atoms with van der Waals surface area (Å²) in [7, 11) is 3.82. The number of ether oxygens (including phenoxy) is 1. The molecule has 0 atom stereocenters. The molecular formula is C23H23ClN4O6. The molecule has 0 heterocycles. The van der Waals surface area contributed by atoms with E-state index in [1.165, 1.54) is 12.3 Å². The summed E-state index contributed by atoms with van der Waals surface area (Å²) in [6.07, 6.45) is 1.31. The zero-order chi connectivity index (χ0) is 24.8. The topological polar surface area (TPSA) is 138 Å². The standard InChI is InChI=1S/C23H23ClN4O6/c1-27(2)8-7-25-23(31)13-34-15-5-3-14-4-6-21(29)17(16(14)9-15)12-26-19-10-18(24)20(28(32)33)11-22(19)30/h3-6,9-12,29-30H,7-8,13H2,1-2H3,(H,25,31). The third-order valence-corrected chi connectivity index (χ3v) is 5.14. The van der Waals surface area contributed by atoms with Crippen molar-refractivity contribution in [1.82, 2.24) is 10.2 Å². The van der Waals surface area contributed by atoms with Crippen molar-refractivity contribution in [1.29, 1.82) is 0 Å². The molecule has 3 rings (SSSR count). The molecule has 0 radical (unpaired) electrons. The van der Waals surface area contributed by atoms with E-state index >= 15 is 0 Å². The number of hydrogen-bond donors (Lipinski definition) is 3. The fourth-order valence-corrected chi connectivity index (χ4v) is 3.30. The maximum atomic E-state index is 12.0. The summed E-state index contributed by atoms with van der Waals surface area (Å²) < 4.78 is 5.59. The van der Waals surface area contributed by atoms with Crippen LogP contribution in [0.1, 0.15) is 5.56 Å². The molecule has 3 aromatic carbocycles. The number of benzene rings is 3. The molecule has 10 nitrogen and oxygen atoms in total. The number of likely N-dealkylation sites (N-methyl/N-ethyl adjacent to an activating group) is 1. The summed E-state index contributed by atoms with van der Waals surface area (Å²) >= 11 is 5.90. The van der Waals surface area contributed by atoms with Crippen LogP contribution in [0.4, 0.5) is 11.4 Å². The first-order valence-corrected chi connectivity index (χ1v) is 10.5. The predicted octanol–water partition coefficient (Wildman–Crippen LogP) is 3.62. The number of nitro benzene ring substituents is 1. The highest BCUT2D eigenvalue weighted by Gasteiger charge is 2.16. The Labute approximate surface area is 200 Å². The van der Waals surface area contributed by atoms with Crippen LogP contribution in [0, 0.1) is 10.1 Å². The monoisotopic (exact) mass is 486 g/mol. The molecule has 11 heteroatoms. The number of nitrogens with zero attached hydrogens (tertiary/aromatic N) is 3. The molecule has 0 fully saturated rings. The molecule has 0 saturated heterocycles. The van der Waals surface area contributed by atoms with Crippen molar-refractivity contribution >= 4 is 45.9 Å². The Kier molecular flexibility index (Phi) is 7.87. The van der Waals surface area contributed by atoms with Crippen molar-refractivity contribution in [3.05, 3.63) is 63.2 Å². The van der Waals surface area contributed by atoms with Crippen LogP contribution in [-0.4, -0.2) is 65.9 Å². The number of rotatable bonds is 9. The average Bonchev–Trinajstić information content (AvgIpc) is 2.78. The molecule has 0 saturated carbocycles. The molecule has 0 aromatic heterocycles. The molecule has 34 heavy (non-hydrogen) atoms. The SMILES string of the molecule is CN(C)CCNC(=O)COc1ccc2ccc(O)c(C=Nc3cc(Cl)c([N+](=O)[O-])cc3O)c2c1. The molecule has 0 unspecified atom stereocenters. The minimum atomic E-state index is -0.712. The normalized spacial score (nSPS) is 11.3. The lowest BCUT2D eigenvalue weighted by Crippen LogP contribution is -2.34. The third-order valence-electron chi connectivity index (χ3n) is 4.84. The summed E-state index contributed by atoms with van der Waals surface area (Å²) in [4.78, 5) is 28.3. The summed E-state index contributed by atoms with van der Waals surface area (Å²) in [6, 6.07) is 10.4. The Bertz CT molecular complexity index is 1260. The van der Waals surface area contributed by atoms with Crippen molar-refractivity contribution in [2.45, 2.75) is 0 Å². The van der Waals surface area contributed by atoms with Gasteiger partial charge in [0.2, 0.25) is 0 Å². The summed E-state index contributed by atoms with van der Waals surface area (Å²) in [5.74, 6) is -0.361. The van der Waals surface area contributed by atoms with Crippen LogP contribution < -0.4 is 10.1 Å². The van der Waals surface area contributed by atoms with E-state index in [0.717, 1.165) is 17.5 Å². The van der Waals surface area contributed by atoms with Gasteiger partial charge in [0.25, 0.3) is 11.6 Å². The average molecular weight is 487 g/mol. The van der Waals surface area contributed by atoms with Gasteiger partial charge in [0.15, 0.2) is 6.61 Å². The number of amides is 1. The highest BCUT2D eigenvalue weighted by molar-refractivity contribution is 6.33. The Balaban J connectivity index is 1.84. The number of phenols is 2. The van der Waals surface area contributed by atoms with E-state index in [0.29, 0.717) is 29.8 Å². The second-order valence-corrected chi connectivity index (χ2v) is 8.04. The maximum absolute atomic E-state index is 12.0. The van der Waals surface area contributed by atoms with E-state index in [-0.39, 0.29) is 29.0 Å². The molecule has 0 bridgehead atoms. The molecule has 178 valence electrons. The van der Waals surface area contributed by atoms with Crippen LogP contribution >= 0.6 is 11.6 Å². The zero-order valence-electron chi connectivity index (χ0n) is 18.5. The van der Waals surface area contributed by atoms with E-state index in [2.05, 4.69) is 10.3 Å². The number of hydrogen-bond acceptors (Lipinski definition) is 8. The first-order valence-electron chi connectivity index (χ1n) is 10.2. The second-order valence-electron chi connectivity index (χ2n) is 7.63. The van der Waals surface area contributed by atoms with Crippen LogP contribution in [0.5, 0.6) is 17.2 Å². The zero-order valence-corrected chi connectivity index (χ0v) is 19.2. The van der Waals surface area contributed by atoms with Crippen LogP contribution in [-0.2, 0) is 4.79 Å². The van der Waals surface area contributed by atoms with Gasteiger partial charge in [0, 0.05) is 24.9 Å². The van der Waals surface area contributed by atoms with Crippen molar-refractivity contribution in [3.8, 4) is 17.2 Å². The lowest BCUT2D eigenvalue weighted by Gasteiger charge is -2.12. The first-order chi connectivity index (χ1) is 16.2. The van der Waals surface area contributed by atoms with Gasteiger partial charge in [-0.15, -0.1) is 0 Å². The summed E-state index contributed by atoms with van der Waals surface area (Å²) in [5.41, 5.74) is -0.125. The first kappa shape index (κ1) is 24.7.